The summed E-state index contributed by atoms with van der Waals surface area (Å²) < 4.78 is 18.6. The van der Waals surface area contributed by atoms with E-state index in [2.05, 4.69) is 13.8 Å². The van der Waals surface area contributed by atoms with Crippen molar-refractivity contribution >= 4 is 5.78 Å². The van der Waals surface area contributed by atoms with E-state index in [9.17, 15) is 9.18 Å². The highest BCUT2D eigenvalue weighted by molar-refractivity contribution is 5.97. The molecule has 3 nitrogen and oxygen atoms in total. The molecule has 0 aliphatic rings. The second kappa shape index (κ2) is 8.02. The molecule has 0 saturated heterocycles. The molecule has 1 atom stereocenters. The van der Waals surface area contributed by atoms with Gasteiger partial charge >= 0.3 is 0 Å². The van der Waals surface area contributed by atoms with Gasteiger partial charge in [0.1, 0.15) is 5.82 Å². The highest BCUT2D eigenvalue weighted by Gasteiger charge is 2.18. The van der Waals surface area contributed by atoms with Crippen LogP contribution in [0.2, 0.25) is 0 Å². The van der Waals surface area contributed by atoms with E-state index in [1.165, 1.54) is 12.1 Å². The largest absolute Gasteiger partial charge is 0.383 e. The van der Waals surface area contributed by atoms with Crippen LogP contribution in [0.15, 0.2) is 24.3 Å². The van der Waals surface area contributed by atoms with Crippen LogP contribution in [-0.4, -0.2) is 43.5 Å². The molecule has 0 amide bonds. The summed E-state index contributed by atoms with van der Waals surface area (Å²) in [6.07, 6.45) is 0.939. The number of ketones is 1. The van der Waals surface area contributed by atoms with Crippen molar-refractivity contribution in [3.63, 3.8) is 0 Å². The highest BCUT2D eigenvalue weighted by atomic mass is 19.1. The molecule has 1 aromatic rings. The first kappa shape index (κ1) is 15.8. The normalized spacial score (nSPS) is 12.7. The Balaban J connectivity index is 2.73. The lowest BCUT2D eigenvalue weighted by atomic mass is 10.1. The number of rotatable bonds is 8. The monoisotopic (exact) mass is 267 g/mol. The molecule has 0 saturated carbocycles. The van der Waals surface area contributed by atoms with Gasteiger partial charge in [-0.2, -0.15) is 0 Å². The first-order valence-corrected chi connectivity index (χ1v) is 6.60. The van der Waals surface area contributed by atoms with Crippen molar-refractivity contribution in [2.24, 2.45) is 0 Å². The Hall–Kier alpha value is -1.26. The van der Waals surface area contributed by atoms with Crippen LogP contribution >= 0.6 is 0 Å². The highest BCUT2D eigenvalue weighted by Crippen LogP contribution is 2.10. The predicted octanol–water partition coefficient (Wildman–Crippen LogP) is 2.76. The van der Waals surface area contributed by atoms with E-state index in [0.29, 0.717) is 13.2 Å². The van der Waals surface area contributed by atoms with Crippen molar-refractivity contribution in [2.45, 2.75) is 26.3 Å². The molecule has 0 fully saturated rings. The number of ether oxygens (including phenoxy) is 1. The van der Waals surface area contributed by atoms with Gasteiger partial charge in [-0.15, -0.1) is 0 Å². The molecule has 0 N–H and O–H groups in total. The maximum Gasteiger partial charge on any atom is 0.179 e. The molecule has 0 aromatic heterocycles. The first-order valence-electron chi connectivity index (χ1n) is 6.60. The van der Waals surface area contributed by atoms with E-state index in [4.69, 9.17) is 4.74 Å². The van der Waals surface area contributed by atoms with Gasteiger partial charge in [-0.3, -0.25) is 9.69 Å². The molecule has 0 aliphatic heterocycles. The molecule has 19 heavy (non-hydrogen) atoms. The van der Waals surface area contributed by atoms with Crippen LogP contribution in [0, 0.1) is 5.82 Å². The maximum atomic E-state index is 13.6. The molecule has 1 aromatic carbocycles. The zero-order valence-corrected chi connectivity index (χ0v) is 11.9. The van der Waals surface area contributed by atoms with Crippen molar-refractivity contribution < 1.29 is 13.9 Å². The molecule has 0 bridgehead atoms. The lowest BCUT2D eigenvalue weighted by molar-refractivity contribution is 0.0831. The molecule has 0 spiro atoms. The number of halogens is 1. The van der Waals surface area contributed by atoms with E-state index < -0.39 is 5.82 Å². The Morgan fingerprint density at radius 1 is 1.42 bits per heavy atom. The number of benzene rings is 1. The number of hydrogen-bond donors (Lipinski definition) is 0. The fraction of sp³-hybridized carbons (Fsp3) is 0.533. The molecule has 1 rings (SSSR count). The summed E-state index contributed by atoms with van der Waals surface area (Å²) in [6.45, 7) is 5.59. The van der Waals surface area contributed by atoms with Gasteiger partial charge < -0.3 is 4.74 Å². The second-order valence-corrected chi connectivity index (χ2v) is 4.62. The summed E-state index contributed by atoms with van der Waals surface area (Å²) in [5.74, 6) is -0.641. The molecular weight excluding hydrogens is 245 g/mol. The first-order chi connectivity index (χ1) is 9.10. The lowest BCUT2D eigenvalue weighted by Crippen LogP contribution is -2.39. The van der Waals surface area contributed by atoms with Crippen LogP contribution in [0.4, 0.5) is 4.39 Å². The van der Waals surface area contributed by atoms with Gasteiger partial charge in [0.25, 0.3) is 0 Å². The maximum absolute atomic E-state index is 13.6. The summed E-state index contributed by atoms with van der Waals surface area (Å²) in [6, 6.07) is 6.38. The van der Waals surface area contributed by atoms with Crippen molar-refractivity contribution in [2.75, 3.05) is 26.8 Å². The third-order valence-corrected chi connectivity index (χ3v) is 3.32. The smallest absolute Gasteiger partial charge is 0.179 e. The van der Waals surface area contributed by atoms with Crippen molar-refractivity contribution in [3.8, 4) is 0 Å². The van der Waals surface area contributed by atoms with Crippen LogP contribution in [0.3, 0.4) is 0 Å². The van der Waals surface area contributed by atoms with E-state index in [1.54, 1.807) is 19.2 Å². The van der Waals surface area contributed by atoms with Crippen LogP contribution < -0.4 is 0 Å². The van der Waals surface area contributed by atoms with Gasteiger partial charge in [0.05, 0.1) is 18.7 Å². The van der Waals surface area contributed by atoms with Crippen LogP contribution in [0.5, 0.6) is 0 Å². The minimum absolute atomic E-state index is 0.160. The summed E-state index contributed by atoms with van der Waals surface area (Å²) in [7, 11) is 1.63. The van der Waals surface area contributed by atoms with Gasteiger partial charge in [0.15, 0.2) is 5.78 Å². The summed E-state index contributed by atoms with van der Waals surface area (Å²) in [4.78, 5) is 14.2. The summed E-state index contributed by atoms with van der Waals surface area (Å²) >= 11 is 0. The average Bonchev–Trinajstić information content (AvgIpc) is 2.42. The van der Waals surface area contributed by atoms with Gasteiger partial charge in [0, 0.05) is 19.7 Å². The number of carbonyl (C=O) groups is 1. The zero-order valence-electron chi connectivity index (χ0n) is 11.9. The molecule has 0 aliphatic carbocycles. The Morgan fingerprint density at radius 2 is 2.11 bits per heavy atom. The van der Waals surface area contributed by atoms with Crippen molar-refractivity contribution in [1.29, 1.82) is 0 Å². The van der Waals surface area contributed by atoms with Gasteiger partial charge in [-0.1, -0.05) is 19.1 Å². The fourth-order valence-electron chi connectivity index (χ4n) is 1.88. The van der Waals surface area contributed by atoms with E-state index >= 15 is 0 Å². The summed E-state index contributed by atoms with van der Waals surface area (Å²) in [5.41, 5.74) is 0.160. The predicted molar refractivity (Wildman–Crippen MR) is 73.9 cm³/mol. The Labute approximate surface area is 114 Å². The molecular formula is C15H22FNO2. The number of Topliss-reactive ketones (excluding diaryl/α,β-unsaturated/α-hetero) is 1. The van der Waals surface area contributed by atoms with Crippen LogP contribution in [0.1, 0.15) is 30.6 Å². The lowest BCUT2D eigenvalue weighted by Gasteiger charge is -2.27. The number of hydrogen-bond acceptors (Lipinski definition) is 3. The zero-order chi connectivity index (χ0) is 14.3. The minimum Gasteiger partial charge on any atom is -0.383 e. The van der Waals surface area contributed by atoms with Crippen LogP contribution in [-0.2, 0) is 4.74 Å². The molecule has 0 radical (unpaired) electrons. The fourth-order valence-corrected chi connectivity index (χ4v) is 1.88. The average molecular weight is 267 g/mol. The molecule has 0 heterocycles. The van der Waals surface area contributed by atoms with Crippen molar-refractivity contribution in [1.82, 2.24) is 4.90 Å². The third-order valence-electron chi connectivity index (χ3n) is 3.32. The van der Waals surface area contributed by atoms with Gasteiger partial charge in [0.2, 0.25) is 0 Å². The molecule has 1 unspecified atom stereocenters. The Bertz CT molecular complexity index is 409. The molecule has 4 heteroatoms. The van der Waals surface area contributed by atoms with Crippen molar-refractivity contribution in [3.05, 3.63) is 35.6 Å². The van der Waals surface area contributed by atoms with Crippen LogP contribution in [0.25, 0.3) is 0 Å². The Morgan fingerprint density at radius 3 is 2.68 bits per heavy atom. The van der Waals surface area contributed by atoms with E-state index in [-0.39, 0.29) is 23.9 Å². The van der Waals surface area contributed by atoms with E-state index in [0.717, 1.165) is 6.42 Å². The number of carbonyl (C=O) groups excluding carboxylic acids is 1. The van der Waals surface area contributed by atoms with Gasteiger partial charge in [-0.25, -0.2) is 4.39 Å². The third kappa shape index (κ3) is 4.73. The minimum atomic E-state index is -0.455. The van der Waals surface area contributed by atoms with Gasteiger partial charge in [-0.05, 0) is 25.5 Å². The second-order valence-electron chi connectivity index (χ2n) is 4.62. The summed E-state index contributed by atoms with van der Waals surface area (Å²) in [5, 5.41) is 0. The topological polar surface area (TPSA) is 29.5 Å². The van der Waals surface area contributed by atoms with E-state index in [1.807, 2.05) is 4.90 Å². The quantitative estimate of drug-likeness (QED) is 0.678. The Kier molecular flexibility index (Phi) is 6.67. The molecule has 106 valence electrons. The number of methoxy groups -OCH3 is 1. The number of nitrogens with zero attached hydrogens (tertiary/aromatic N) is 1. The SMILES string of the molecule is CCC(C)N(CCOC)CC(=O)c1ccccc1F. The standard InChI is InChI=1S/C15H22FNO2/c1-4-12(2)17(9-10-19-3)11-15(18)13-7-5-6-8-14(13)16/h5-8,12H,4,9-11H2,1-3H3.